The zero-order valence-electron chi connectivity index (χ0n) is 10.6. The van der Waals surface area contributed by atoms with Gasteiger partial charge in [-0.25, -0.2) is 4.39 Å². The van der Waals surface area contributed by atoms with Crippen LogP contribution in [0.15, 0.2) is 6.08 Å². The molecule has 1 rings (SSSR count). The molecule has 4 heteroatoms. The summed E-state index contributed by atoms with van der Waals surface area (Å²) in [5.41, 5.74) is 7.37. The van der Waals surface area contributed by atoms with E-state index in [2.05, 4.69) is 0 Å². The highest BCUT2D eigenvalue weighted by Gasteiger charge is 2.19. The molecule has 0 fully saturated rings. The van der Waals surface area contributed by atoms with Gasteiger partial charge in [0.1, 0.15) is 5.75 Å². The topological polar surface area (TPSA) is 44.5 Å². The van der Waals surface area contributed by atoms with Gasteiger partial charge in [-0.15, -0.1) is 0 Å². The Morgan fingerprint density at radius 3 is 2.18 bits per heavy atom. The van der Waals surface area contributed by atoms with Gasteiger partial charge in [-0.05, 0) is 13.8 Å². The van der Waals surface area contributed by atoms with Gasteiger partial charge in [-0.3, -0.25) is 0 Å². The fourth-order valence-electron chi connectivity index (χ4n) is 1.82. The minimum absolute atomic E-state index is 0.250. The Labute approximate surface area is 101 Å². The lowest BCUT2D eigenvalue weighted by molar-refractivity contribution is 0.370. The van der Waals surface area contributed by atoms with Crippen LogP contribution in [0.1, 0.15) is 16.7 Å². The molecule has 94 valence electrons. The third-order valence-corrected chi connectivity index (χ3v) is 2.69. The van der Waals surface area contributed by atoms with Crippen molar-refractivity contribution >= 4 is 6.08 Å². The average molecular weight is 239 g/mol. The highest BCUT2D eigenvalue weighted by molar-refractivity contribution is 5.67. The van der Waals surface area contributed by atoms with Crippen molar-refractivity contribution < 1.29 is 13.9 Å². The summed E-state index contributed by atoms with van der Waals surface area (Å²) in [7, 11) is 2.97. The van der Waals surface area contributed by atoms with Crippen LogP contribution in [0.25, 0.3) is 6.08 Å². The van der Waals surface area contributed by atoms with Crippen LogP contribution in [0, 0.1) is 19.7 Å². The molecule has 3 nitrogen and oxygen atoms in total. The molecule has 2 N–H and O–H groups in total. The van der Waals surface area contributed by atoms with E-state index in [1.54, 1.807) is 19.9 Å². The molecule has 0 aliphatic carbocycles. The van der Waals surface area contributed by atoms with Crippen molar-refractivity contribution in [2.24, 2.45) is 5.73 Å². The van der Waals surface area contributed by atoms with E-state index in [1.165, 1.54) is 14.2 Å². The van der Waals surface area contributed by atoms with Crippen molar-refractivity contribution in [3.05, 3.63) is 28.6 Å². The first-order chi connectivity index (χ1) is 8.08. The van der Waals surface area contributed by atoms with Crippen LogP contribution in [0.3, 0.4) is 0 Å². The van der Waals surface area contributed by atoms with Crippen LogP contribution in [0.2, 0.25) is 0 Å². The van der Waals surface area contributed by atoms with Crippen LogP contribution in [0.4, 0.5) is 4.39 Å². The van der Waals surface area contributed by atoms with Gasteiger partial charge in [0.15, 0.2) is 11.6 Å². The summed E-state index contributed by atoms with van der Waals surface area (Å²) in [4.78, 5) is 0. The van der Waals surface area contributed by atoms with Gasteiger partial charge in [0.2, 0.25) is 0 Å². The first-order valence-electron chi connectivity index (χ1n) is 5.35. The molecule has 0 saturated heterocycles. The van der Waals surface area contributed by atoms with E-state index in [0.717, 1.165) is 5.56 Å². The van der Waals surface area contributed by atoms with Crippen molar-refractivity contribution in [3.63, 3.8) is 0 Å². The van der Waals surface area contributed by atoms with E-state index in [4.69, 9.17) is 15.2 Å². The quantitative estimate of drug-likeness (QED) is 0.877. The second-order valence-corrected chi connectivity index (χ2v) is 3.68. The summed E-state index contributed by atoms with van der Waals surface area (Å²) in [6.07, 6.45) is 3.62. The number of rotatable bonds is 4. The van der Waals surface area contributed by atoms with Crippen LogP contribution in [0.5, 0.6) is 11.5 Å². The van der Waals surface area contributed by atoms with Crippen molar-refractivity contribution in [2.75, 3.05) is 20.8 Å². The number of ether oxygens (including phenoxy) is 2. The molecular formula is C13H18FNO2. The minimum Gasteiger partial charge on any atom is -0.496 e. The largest absolute Gasteiger partial charge is 0.496 e. The highest BCUT2D eigenvalue weighted by Crippen LogP contribution is 2.37. The summed E-state index contributed by atoms with van der Waals surface area (Å²) >= 11 is 0. The zero-order chi connectivity index (χ0) is 13.0. The lowest BCUT2D eigenvalue weighted by Crippen LogP contribution is -2.02. The summed E-state index contributed by atoms with van der Waals surface area (Å²) in [6, 6.07) is 0. The first-order valence-corrected chi connectivity index (χ1v) is 5.35. The standard InChI is InChI=1S/C13H18FNO2/c1-8-10(6-5-7-15)12(16-3)9(2)11(14)13(8)17-4/h5-6H,7,15H2,1-4H3/b6-5+. The fourth-order valence-corrected chi connectivity index (χ4v) is 1.82. The van der Waals surface area contributed by atoms with Crippen molar-refractivity contribution in [3.8, 4) is 11.5 Å². The molecule has 0 atom stereocenters. The van der Waals surface area contributed by atoms with Crippen LogP contribution < -0.4 is 15.2 Å². The fraction of sp³-hybridized carbons (Fsp3) is 0.385. The molecule has 0 bridgehead atoms. The van der Waals surface area contributed by atoms with Crippen molar-refractivity contribution in [1.29, 1.82) is 0 Å². The number of benzene rings is 1. The summed E-state index contributed by atoms with van der Waals surface area (Å²) in [5, 5.41) is 0. The van der Waals surface area contributed by atoms with Crippen LogP contribution >= 0.6 is 0 Å². The lowest BCUT2D eigenvalue weighted by Gasteiger charge is -2.16. The van der Waals surface area contributed by atoms with Gasteiger partial charge in [0.05, 0.1) is 14.2 Å². The third kappa shape index (κ3) is 2.42. The second-order valence-electron chi connectivity index (χ2n) is 3.68. The Balaban J connectivity index is 3.54. The number of hydrogen-bond donors (Lipinski definition) is 1. The predicted molar refractivity (Wildman–Crippen MR) is 67.1 cm³/mol. The molecule has 0 unspecified atom stereocenters. The zero-order valence-corrected chi connectivity index (χ0v) is 10.6. The second kappa shape index (κ2) is 5.68. The summed E-state index contributed by atoms with van der Waals surface area (Å²) in [6.45, 7) is 3.87. The molecule has 0 spiro atoms. The smallest absolute Gasteiger partial charge is 0.171 e. The lowest BCUT2D eigenvalue weighted by atomic mass is 10.0. The normalized spacial score (nSPS) is 10.9. The molecule has 0 saturated carbocycles. The average Bonchev–Trinajstić information content (AvgIpc) is 2.33. The van der Waals surface area contributed by atoms with Crippen LogP contribution in [-0.2, 0) is 0 Å². The number of methoxy groups -OCH3 is 2. The number of nitrogens with two attached hydrogens (primary N) is 1. The van der Waals surface area contributed by atoms with E-state index in [1.807, 2.05) is 6.08 Å². The molecule has 0 aromatic heterocycles. The summed E-state index contributed by atoms with van der Waals surface area (Å²) in [5.74, 6) is 0.386. The van der Waals surface area contributed by atoms with Gasteiger partial charge in [-0.2, -0.15) is 0 Å². The van der Waals surface area contributed by atoms with Crippen molar-refractivity contribution in [2.45, 2.75) is 13.8 Å². The molecule has 0 radical (unpaired) electrons. The Bertz CT molecular complexity index is 442. The molecular weight excluding hydrogens is 221 g/mol. The van der Waals surface area contributed by atoms with Gasteiger partial charge < -0.3 is 15.2 Å². The minimum atomic E-state index is -0.383. The molecule has 1 aromatic carbocycles. The van der Waals surface area contributed by atoms with Crippen molar-refractivity contribution in [1.82, 2.24) is 0 Å². The van der Waals surface area contributed by atoms with E-state index in [-0.39, 0.29) is 11.6 Å². The first kappa shape index (κ1) is 13.5. The summed E-state index contributed by atoms with van der Waals surface area (Å²) < 4.78 is 24.3. The maximum atomic E-state index is 14.0. The number of hydrogen-bond acceptors (Lipinski definition) is 3. The van der Waals surface area contributed by atoms with Gasteiger partial charge in [-0.1, -0.05) is 12.2 Å². The van der Waals surface area contributed by atoms with E-state index >= 15 is 0 Å². The van der Waals surface area contributed by atoms with E-state index < -0.39 is 0 Å². The number of halogens is 1. The Hall–Kier alpha value is -1.55. The van der Waals surface area contributed by atoms with E-state index in [9.17, 15) is 4.39 Å². The maximum Gasteiger partial charge on any atom is 0.171 e. The third-order valence-electron chi connectivity index (χ3n) is 2.69. The monoisotopic (exact) mass is 239 g/mol. The van der Waals surface area contributed by atoms with Gasteiger partial charge in [0, 0.05) is 23.2 Å². The molecule has 17 heavy (non-hydrogen) atoms. The molecule has 0 aliphatic heterocycles. The highest BCUT2D eigenvalue weighted by atomic mass is 19.1. The molecule has 0 amide bonds. The maximum absolute atomic E-state index is 14.0. The van der Waals surface area contributed by atoms with E-state index in [0.29, 0.717) is 23.4 Å². The van der Waals surface area contributed by atoms with Gasteiger partial charge in [0.25, 0.3) is 0 Å². The molecule has 0 heterocycles. The van der Waals surface area contributed by atoms with Gasteiger partial charge >= 0.3 is 0 Å². The molecule has 0 aliphatic rings. The van der Waals surface area contributed by atoms with Crippen LogP contribution in [-0.4, -0.2) is 20.8 Å². The SMILES string of the molecule is COc1c(C)c(/C=C/CN)c(OC)c(C)c1F. The Morgan fingerprint density at radius 1 is 1.12 bits per heavy atom. The molecule has 1 aromatic rings. The Kier molecular flexibility index (Phi) is 4.52. The predicted octanol–water partition coefficient (Wildman–Crippen LogP) is 2.43. The Morgan fingerprint density at radius 2 is 1.71 bits per heavy atom.